The van der Waals surface area contributed by atoms with Crippen LogP contribution >= 0.6 is 11.8 Å². The van der Waals surface area contributed by atoms with Gasteiger partial charge in [-0.2, -0.15) is 5.26 Å². The fraction of sp³-hybridized carbons (Fsp3) is 0.545. The quantitative estimate of drug-likeness (QED) is 0.383. The number of aromatic nitrogens is 2. The Morgan fingerprint density at radius 3 is 3.14 bits per heavy atom. The van der Waals surface area contributed by atoms with Gasteiger partial charge in [-0.1, -0.05) is 5.11 Å². The second-order valence-electron chi connectivity index (χ2n) is 4.52. The van der Waals surface area contributed by atoms with Crippen LogP contribution in [0.15, 0.2) is 20.9 Å². The van der Waals surface area contributed by atoms with E-state index in [4.69, 9.17) is 15.5 Å². The number of nitrogens with zero attached hydrogens (tertiary/aromatic N) is 5. The lowest BCUT2D eigenvalue weighted by atomic mass is 10.1. The van der Waals surface area contributed by atoms with Gasteiger partial charge in [0.1, 0.15) is 11.6 Å². The number of H-pyrrole nitrogens is 1. The van der Waals surface area contributed by atoms with Gasteiger partial charge in [0.25, 0.3) is 5.56 Å². The van der Waals surface area contributed by atoms with Crippen LogP contribution in [-0.4, -0.2) is 27.4 Å². The molecule has 9 nitrogen and oxygen atoms in total. The molecule has 0 bridgehead atoms. The fourth-order valence-corrected chi connectivity index (χ4v) is 2.68. The minimum Gasteiger partial charge on any atom is -0.353 e. The Bertz CT molecular complexity index is 729. The normalized spacial score (nSPS) is 24.3. The monoisotopic (exact) mass is 308 g/mol. The van der Waals surface area contributed by atoms with E-state index in [1.165, 1.54) is 10.8 Å². The minimum absolute atomic E-state index is 0.312. The number of thiocyanates is 1. The van der Waals surface area contributed by atoms with Crippen molar-refractivity contribution in [2.24, 2.45) is 5.11 Å². The van der Waals surface area contributed by atoms with E-state index in [9.17, 15) is 9.59 Å². The summed E-state index contributed by atoms with van der Waals surface area (Å²) in [5.41, 5.74) is 7.93. The lowest BCUT2D eigenvalue weighted by Gasteiger charge is -2.15. The average molecular weight is 308 g/mol. The van der Waals surface area contributed by atoms with Crippen molar-refractivity contribution in [3.8, 4) is 5.40 Å². The summed E-state index contributed by atoms with van der Waals surface area (Å²) in [4.78, 5) is 28.2. The molecule has 1 aliphatic rings. The van der Waals surface area contributed by atoms with E-state index < -0.39 is 29.6 Å². The third kappa shape index (κ3) is 3.28. The Hall–Kier alpha value is -2.21. The number of nitrogens with one attached hydrogen (secondary N) is 1. The van der Waals surface area contributed by atoms with Crippen LogP contribution in [0, 0.1) is 17.6 Å². The summed E-state index contributed by atoms with van der Waals surface area (Å²) >= 11 is 0.994. The lowest BCUT2D eigenvalue weighted by Crippen LogP contribution is -2.33. The predicted molar refractivity (Wildman–Crippen MR) is 75.6 cm³/mol. The van der Waals surface area contributed by atoms with Crippen molar-refractivity contribution < 1.29 is 4.74 Å². The number of hydrogen-bond donors (Lipinski definition) is 1. The summed E-state index contributed by atoms with van der Waals surface area (Å²) in [5.74, 6) is 0.341. The summed E-state index contributed by atoms with van der Waals surface area (Å²) in [5, 5.41) is 14.2. The molecule has 1 aromatic heterocycles. The molecule has 21 heavy (non-hydrogen) atoms. The molecule has 2 rings (SSSR count). The van der Waals surface area contributed by atoms with Gasteiger partial charge in [-0.25, -0.2) is 4.79 Å². The largest absolute Gasteiger partial charge is 0.353 e. The van der Waals surface area contributed by atoms with E-state index in [1.807, 2.05) is 5.40 Å². The van der Waals surface area contributed by atoms with Gasteiger partial charge in [0.15, 0.2) is 0 Å². The first kappa shape index (κ1) is 15.2. The van der Waals surface area contributed by atoms with E-state index in [0.717, 1.165) is 11.8 Å². The van der Waals surface area contributed by atoms with Crippen molar-refractivity contribution >= 4 is 11.8 Å². The molecule has 3 atom stereocenters. The van der Waals surface area contributed by atoms with Crippen molar-refractivity contribution in [3.63, 3.8) is 0 Å². The number of thioether (sulfide) groups is 1. The number of ether oxygens (including phenoxy) is 1. The highest BCUT2D eigenvalue weighted by Crippen LogP contribution is 2.31. The third-order valence-electron chi connectivity index (χ3n) is 3.17. The van der Waals surface area contributed by atoms with E-state index in [-0.39, 0.29) is 0 Å². The van der Waals surface area contributed by atoms with Crippen molar-refractivity contribution in [1.29, 1.82) is 5.26 Å². The average Bonchev–Trinajstić information content (AvgIpc) is 2.84. The molecule has 3 unspecified atom stereocenters. The van der Waals surface area contributed by atoms with Gasteiger partial charge in [0.05, 0.1) is 12.1 Å². The van der Waals surface area contributed by atoms with Gasteiger partial charge in [0, 0.05) is 28.8 Å². The molecule has 0 amide bonds. The van der Waals surface area contributed by atoms with Gasteiger partial charge in [-0.3, -0.25) is 14.3 Å². The van der Waals surface area contributed by atoms with Crippen LogP contribution in [0.25, 0.3) is 10.4 Å². The molecule has 1 aromatic rings. The van der Waals surface area contributed by atoms with Crippen LogP contribution in [0.1, 0.15) is 18.2 Å². The highest BCUT2D eigenvalue weighted by molar-refractivity contribution is 8.03. The molecule has 1 saturated heterocycles. The van der Waals surface area contributed by atoms with Crippen LogP contribution < -0.4 is 11.2 Å². The third-order valence-corrected chi connectivity index (χ3v) is 3.80. The zero-order chi connectivity index (χ0) is 15.4. The molecule has 0 aliphatic carbocycles. The summed E-state index contributed by atoms with van der Waals surface area (Å²) in [7, 11) is 0. The minimum atomic E-state index is -0.632. The molecule has 10 heteroatoms. The van der Waals surface area contributed by atoms with Crippen LogP contribution in [-0.2, 0) is 4.74 Å². The number of azide groups is 1. The molecular formula is C11H12N6O3S. The maximum Gasteiger partial charge on any atom is 0.330 e. The first-order valence-electron chi connectivity index (χ1n) is 6.09. The zero-order valence-corrected chi connectivity index (χ0v) is 11.9. The van der Waals surface area contributed by atoms with Crippen LogP contribution in [0.5, 0.6) is 0 Å². The molecule has 0 aromatic carbocycles. The first-order chi connectivity index (χ1) is 10.1. The first-order valence-corrected chi connectivity index (χ1v) is 7.08. The van der Waals surface area contributed by atoms with Crippen molar-refractivity contribution in [3.05, 3.63) is 43.0 Å². The van der Waals surface area contributed by atoms with E-state index in [2.05, 4.69) is 15.0 Å². The van der Waals surface area contributed by atoms with Gasteiger partial charge >= 0.3 is 5.69 Å². The highest BCUT2D eigenvalue weighted by atomic mass is 32.2. The maximum absolute atomic E-state index is 11.8. The summed E-state index contributed by atoms with van der Waals surface area (Å²) in [6, 6.07) is -0.458. The Morgan fingerprint density at radius 1 is 1.71 bits per heavy atom. The van der Waals surface area contributed by atoms with E-state index in [1.54, 1.807) is 6.92 Å². The molecule has 0 spiro atoms. The predicted octanol–water partition coefficient (Wildman–Crippen LogP) is 1.03. The zero-order valence-electron chi connectivity index (χ0n) is 11.1. The van der Waals surface area contributed by atoms with Crippen LogP contribution in [0.2, 0.25) is 0 Å². The Balaban J connectivity index is 2.28. The fourth-order valence-electron chi connectivity index (χ4n) is 2.14. The van der Waals surface area contributed by atoms with Gasteiger partial charge < -0.3 is 4.74 Å². The van der Waals surface area contributed by atoms with Gasteiger partial charge in [-0.15, -0.1) is 0 Å². The van der Waals surface area contributed by atoms with E-state index >= 15 is 0 Å². The second-order valence-corrected chi connectivity index (χ2v) is 5.32. The number of aryl methyl sites for hydroxylation is 1. The summed E-state index contributed by atoms with van der Waals surface area (Å²) in [6.07, 6.45) is 0.646. The Kier molecular flexibility index (Phi) is 4.70. The topological polar surface area (TPSA) is 137 Å². The Labute approximate surface area is 123 Å². The van der Waals surface area contributed by atoms with Crippen LogP contribution in [0.4, 0.5) is 0 Å². The molecule has 110 valence electrons. The Morgan fingerprint density at radius 2 is 2.48 bits per heavy atom. The number of rotatable bonds is 4. The highest BCUT2D eigenvalue weighted by Gasteiger charge is 2.36. The summed E-state index contributed by atoms with van der Waals surface area (Å²) in [6.45, 7) is 1.58. The van der Waals surface area contributed by atoms with Crippen LogP contribution in [0.3, 0.4) is 0 Å². The molecule has 1 fully saturated rings. The molecule has 0 radical (unpaired) electrons. The standard InChI is InChI=1S/C11H12N6O3S/c1-6-3-17(11(19)14-10(6)18)9-2-7(15-16-13)8(20-9)4-21-5-12/h3,7-9H,2,4H2,1H3,(H,14,18,19). The van der Waals surface area contributed by atoms with Crippen molar-refractivity contribution in [1.82, 2.24) is 9.55 Å². The van der Waals surface area contributed by atoms with Crippen molar-refractivity contribution in [2.75, 3.05) is 5.75 Å². The smallest absolute Gasteiger partial charge is 0.330 e. The van der Waals surface area contributed by atoms with Gasteiger partial charge in [0.2, 0.25) is 0 Å². The SMILES string of the molecule is Cc1cn(C2CC(N=[N+]=[N-])C(CSC#N)O2)c(=O)[nH]c1=O. The van der Waals surface area contributed by atoms with E-state index in [0.29, 0.717) is 17.7 Å². The lowest BCUT2D eigenvalue weighted by molar-refractivity contribution is 0.00823. The molecule has 0 saturated carbocycles. The number of hydrogen-bond acceptors (Lipinski definition) is 6. The molecule has 1 aliphatic heterocycles. The molecular weight excluding hydrogens is 296 g/mol. The maximum atomic E-state index is 11.8. The number of aromatic amines is 1. The second kappa shape index (κ2) is 6.49. The van der Waals surface area contributed by atoms with Crippen molar-refractivity contribution in [2.45, 2.75) is 31.7 Å². The molecule has 1 N–H and O–H groups in total. The summed E-state index contributed by atoms with van der Waals surface area (Å²) < 4.78 is 6.97. The van der Waals surface area contributed by atoms with Gasteiger partial charge in [-0.05, 0) is 24.2 Å². The number of nitriles is 1. The molecule has 2 heterocycles.